The zero-order chi connectivity index (χ0) is 13.4. The zero-order valence-corrected chi connectivity index (χ0v) is 12.7. The lowest BCUT2D eigenvalue weighted by Gasteiger charge is -1.96. The number of aliphatic imine (C=N–C) groups is 1. The van der Waals surface area contributed by atoms with Gasteiger partial charge in [-0.3, -0.25) is 4.79 Å². The van der Waals surface area contributed by atoms with Gasteiger partial charge in [0, 0.05) is 10.0 Å². The molecule has 0 aliphatic rings. The number of hydrogen-bond acceptors (Lipinski definition) is 5. The number of ketones is 1. The van der Waals surface area contributed by atoms with Gasteiger partial charge in [-0.2, -0.15) is 10.3 Å². The zero-order valence-electron chi connectivity index (χ0n) is 9.46. The van der Waals surface area contributed by atoms with E-state index in [1.54, 1.807) is 23.7 Å². The molecule has 0 heterocycles. The molecule has 1 rings (SSSR count). The molecule has 0 spiro atoms. The van der Waals surface area contributed by atoms with Gasteiger partial charge in [0.05, 0.1) is 0 Å². The smallest absolute Gasteiger partial charge is 0.207 e. The second-order valence-electron chi connectivity index (χ2n) is 2.98. The molecule has 1 aromatic rings. The van der Waals surface area contributed by atoms with Gasteiger partial charge in [-0.1, -0.05) is 39.8 Å². The Balaban J connectivity index is 2.66. The van der Waals surface area contributed by atoms with Crippen LogP contribution in [0.1, 0.15) is 10.4 Å². The van der Waals surface area contributed by atoms with Crippen LogP contribution in [0, 0.1) is 11.5 Å². The Hall–Kier alpha value is -1.03. The van der Waals surface area contributed by atoms with Gasteiger partial charge < -0.3 is 0 Å². The van der Waals surface area contributed by atoms with Gasteiger partial charge in [-0.15, -0.1) is 11.8 Å². The summed E-state index contributed by atoms with van der Waals surface area (Å²) in [5.41, 5.74) is 0.615. The van der Waals surface area contributed by atoms with Gasteiger partial charge in [0.2, 0.25) is 6.19 Å². The van der Waals surface area contributed by atoms with Crippen molar-refractivity contribution < 1.29 is 4.79 Å². The molecule has 0 bridgehead atoms. The Morgan fingerprint density at radius 1 is 1.56 bits per heavy atom. The minimum absolute atomic E-state index is 0.0822. The van der Waals surface area contributed by atoms with Crippen molar-refractivity contribution in [1.29, 1.82) is 5.26 Å². The number of benzene rings is 1. The average molecular weight is 341 g/mol. The molecule has 0 saturated carbocycles. The van der Waals surface area contributed by atoms with Crippen LogP contribution in [0.15, 0.2) is 45.2 Å². The van der Waals surface area contributed by atoms with Gasteiger partial charge in [0.1, 0.15) is 4.38 Å². The lowest BCUT2D eigenvalue weighted by Crippen LogP contribution is -1.93. The van der Waals surface area contributed by atoms with E-state index < -0.39 is 0 Å². The van der Waals surface area contributed by atoms with Crippen molar-refractivity contribution >= 4 is 49.6 Å². The summed E-state index contributed by atoms with van der Waals surface area (Å²) in [6.45, 7) is 0. The highest BCUT2D eigenvalue weighted by Crippen LogP contribution is 2.17. The first-order chi connectivity index (χ1) is 8.67. The van der Waals surface area contributed by atoms with E-state index in [0.717, 1.165) is 4.47 Å². The predicted octanol–water partition coefficient (Wildman–Crippen LogP) is 4.08. The summed E-state index contributed by atoms with van der Waals surface area (Å²) < 4.78 is 1.47. The van der Waals surface area contributed by atoms with Gasteiger partial charge >= 0.3 is 0 Å². The number of halogens is 1. The maximum atomic E-state index is 11.8. The summed E-state index contributed by atoms with van der Waals surface area (Å²) in [4.78, 5) is 15.4. The molecule has 0 saturated heterocycles. The van der Waals surface area contributed by atoms with E-state index in [0.29, 0.717) is 9.94 Å². The van der Waals surface area contributed by atoms with Crippen LogP contribution >= 0.6 is 39.5 Å². The molecule has 3 nitrogen and oxygen atoms in total. The SMILES string of the molecule is CSC(=NC#N)SC=CC(=O)c1cccc(Br)c1. The summed E-state index contributed by atoms with van der Waals surface area (Å²) in [5, 5.41) is 10.1. The summed E-state index contributed by atoms with van der Waals surface area (Å²) in [7, 11) is 0. The van der Waals surface area contributed by atoms with Gasteiger partial charge in [-0.05, 0) is 29.9 Å². The fraction of sp³-hybridized carbons (Fsp3) is 0.0833. The third kappa shape index (κ3) is 5.08. The monoisotopic (exact) mass is 340 g/mol. The molecule has 0 aliphatic heterocycles. The van der Waals surface area contributed by atoms with Crippen LogP contribution in [0.3, 0.4) is 0 Å². The fourth-order valence-corrected chi connectivity index (χ4v) is 2.54. The number of carbonyl (C=O) groups excluding carboxylic acids is 1. The third-order valence-electron chi connectivity index (χ3n) is 1.81. The van der Waals surface area contributed by atoms with Crippen LogP contribution in [-0.4, -0.2) is 16.4 Å². The van der Waals surface area contributed by atoms with Crippen molar-refractivity contribution in [3.63, 3.8) is 0 Å². The van der Waals surface area contributed by atoms with Gasteiger partial charge in [-0.25, -0.2) is 0 Å². The topological polar surface area (TPSA) is 53.2 Å². The van der Waals surface area contributed by atoms with Crippen LogP contribution in [0.2, 0.25) is 0 Å². The summed E-state index contributed by atoms with van der Waals surface area (Å²) in [6.07, 6.45) is 5.01. The normalized spacial score (nSPS) is 11.5. The number of carbonyl (C=O) groups is 1. The van der Waals surface area contributed by atoms with E-state index in [2.05, 4.69) is 20.9 Å². The van der Waals surface area contributed by atoms with Crippen LogP contribution in [0.5, 0.6) is 0 Å². The lowest BCUT2D eigenvalue weighted by atomic mass is 10.1. The molecule has 0 fully saturated rings. The Morgan fingerprint density at radius 2 is 2.33 bits per heavy atom. The Bertz CT molecular complexity index is 535. The molecule has 0 atom stereocenters. The van der Waals surface area contributed by atoms with E-state index in [9.17, 15) is 4.79 Å². The molecular weight excluding hydrogens is 332 g/mol. The van der Waals surface area contributed by atoms with E-state index in [4.69, 9.17) is 5.26 Å². The van der Waals surface area contributed by atoms with Crippen molar-refractivity contribution in [2.75, 3.05) is 6.26 Å². The number of rotatable bonds is 3. The first kappa shape index (κ1) is 15.0. The van der Waals surface area contributed by atoms with Crippen molar-refractivity contribution in [2.24, 2.45) is 4.99 Å². The average Bonchev–Trinajstić information content (AvgIpc) is 2.37. The second-order valence-corrected chi connectivity index (χ2v) is 5.84. The molecule has 0 aromatic heterocycles. The molecular formula is C12H9BrN2OS2. The third-order valence-corrected chi connectivity index (χ3v) is 4.10. The molecule has 0 amide bonds. The van der Waals surface area contributed by atoms with Crippen LogP contribution in [-0.2, 0) is 0 Å². The van der Waals surface area contributed by atoms with Crippen molar-refractivity contribution in [2.45, 2.75) is 0 Å². The molecule has 92 valence electrons. The van der Waals surface area contributed by atoms with Crippen LogP contribution in [0.25, 0.3) is 0 Å². The minimum atomic E-state index is -0.0822. The van der Waals surface area contributed by atoms with Crippen molar-refractivity contribution in [1.82, 2.24) is 0 Å². The predicted molar refractivity (Wildman–Crippen MR) is 81.8 cm³/mol. The maximum absolute atomic E-state index is 11.8. The summed E-state index contributed by atoms with van der Waals surface area (Å²) >= 11 is 5.93. The van der Waals surface area contributed by atoms with E-state index in [1.807, 2.05) is 18.4 Å². The largest absolute Gasteiger partial charge is 0.289 e. The minimum Gasteiger partial charge on any atom is -0.289 e. The van der Waals surface area contributed by atoms with Crippen LogP contribution < -0.4 is 0 Å². The molecule has 0 unspecified atom stereocenters. The Morgan fingerprint density at radius 3 is 2.94 bits per heavy atom. The van der Waals surface area contributed by atoms with Crippen molar-refractivity contribution in [3.05, 3.63) is 45.8 Å². The highest BCUT2D eigenvalue weighted by Gasteiger charge is 2.02. The second kappa shape index (κ2) is 8.14. The molecule has 0 radical (unpaired) electrons. The molecule has 6 heteroatoms. The summed E-state index contributed by atoms with van der Waals surface area (Å²) in [5.74, 6) is -0.0822. The number of allylic oxidation sites excluding steroid dienone is 1. The molecule has 0 N–H and O–H groups in total. The lowest BCUT2D eigenvalue weighted by molar-refractivity contribution is 0.104. The first-order valence-electron chi connectivity index (χ1n) is 4.81. The molecule has 18 heavy (non-hydrogen) atoms. The number of nitrogens with zero attached hydrogens (tertiary/aromatic N) is 2. The highest BCUT2D eigenvalue weighted by atomic mass is 79.9. The maximum Gasteiger partial charge on any atom is 0.207 e. The Kier molecular flexibility index (Phi) is 6.80. The Labute approximate surface area is 122 Å². The van der Waals surface area contributed by atoms with Crippen molar-refractivity contribution in [3.8, 4) is 6.19 Å². The van der Waals surface area contributed by atoms with E-state index >= 15 is 0 Å². The first-order valence-corrected chi connectivity index (χ1v) is 7.71. The van der Waals surface area contributed by atoms with Crippen LogP contribution in [0.4, 0.5) is 0 Å². The molecule has 1 aromatic carbocycles. The van der Waals surface area contributed by atoms with Gasteiger partial charge in [0.25, 0.3) is 0 Å². The quantitative estimate of drug-likeness (QED) is 0.273. The van der Waals surface area contributed by atoms with Gasteiger partial charge in [0.15, 0.2) is 5.78 Å². The number of nitriles is 1. The standard InChI is InChI=1S/C12H9BrN2OS2/c1-17-12(15-8-14)18-6-5-11(16)9-3-2-4-10(13)7-9/h2-7H,1H3. The van der Waals surface area contributed by atoms with E-state index in [1.165, 1.54) is 29.6 Å². The number of hydrogen-bond donors (Lipinski definition) is 0. The fourth-order valence-electron chi connectivity index (χ4n) is 1.05. The molecule has 0 aliphatic carbocycles. The summed E-state index contributed by atoms with van der Waals surface area (Å²) in [6, 6.07) is 7.18. The highest BCUT2D eigenvalue weighted by molar-refractivity contribution is 9.10. The van der Waals surface area contributed by atoms with E-state index in [-0.39, 0.29) is 5.78 Å². The number of thioether (sulfide) groups is 2.